The van der Waals surface area contributed by atoms with Gasteiger partial charge in [-0.1, -0.05) is 47.6 Å². The van der Waals surface area contributed by atoms with E-state index in [0.717, 1.165) is 37.6 Å². The molecule has 0 saturated carbocycles. The highest BCUT2D eigenvalue weighted by atomic mass is 35.5. The standard InChI is InChI=1S/C20H23ClN2S/c1-2-5-19(23-14-12-22-13-15-23)18-6-3-4-7-20(18)24-17-10-8-16(21)9-11-17/h2-4,6-11,19,22H,1,5,12-15H2/t19-/m1/s1. The van der Waals surface area contributed by atoms with E-state index in [1.165, 1.54) is 15.4 Å². The van der Waals surface area contributed by atoms with Crippen LogP contribution in [0.15, 0.2) is 71.0 Å². The van der Waals surface area contributed by atoms with Crippen molar-refractivity contribution in [2.24, 2.45) is 0 Å². The van der Waals surface area contributed by atoms with E-state index in [0.29, 0.717) is 6.04 Å². The van der Waals surface area contributed by atoms with E-state index in [-0.39, 0.29) is 0 Å². The summed E-state index contributed by atoms with van der Waals surface area (Å²) in [5.74, 6) is 0. The van der Waals surface area contributed by atoms with Crippen molar-refractivity contribution in [1.29, 1.82) is 0 Å². The normalized spacial score (nSPS) is 16.7. The average Bonchev–Trinajstić information content (AvgIpc) is 2.63. The highest BCUT2D eigenvalue weighted by Gasteiger charge is 2.23. The molecule has 126 valence electrons. The summed E-state index contributed by atoms with van der Waals surface area (Å²) < 4.78 is 0. The highest BCUT2D eigenvalue weighted by molar-refractivity contribution is 7.99. The topological polar surface area (TPSA) is 15.3 Å². The summed E-state index contributed by atoms with van der Waals surface area (Å²) in [5, 5.41) is 4.21. The number of nitrogens with one attached hydrogen (secondary N) is 1. The quantitative estimate of drug-likeness (QED) is 0.730. The van der Waals surface area contributed by atoms with Crippen LogP contribution in [0.25, 0.3) is 0 Å². The molecular formula is C20H23ClN2S. The summed E-state index contributed by atoms with van der Waals surface area (Å²) in [7, 11) is 0. The van der Waals surface area contributed by atoms with E-state index in [2.05, 4.69) is 53.2 Å². The Morgan fingerprint density at radius 1 is 1.12 bits per heavy atom. The van der Waals surface area contributed by atoms with Crippen LogP contribution in [0.3, 0.4) is 0 Å². The SMILES string of the molecule is C=CC[C@H](c1ccccc1Sc1ccc(Cl)cc1)N1CCNCC1. The molecule has 1 heterocycles. The van der Waals surface area contributed by atoms with Crippen molar-refractivity contribution < 1.29 is 0 Å². The molecule has 0 amide bonds. The lowest BCUT2D eigenvalue weighted by molar-refractivity contribution is 0.172. The lowest BCUT2D eigenvalue weighted by Crippen LogP contribution is -2.45. The van der Waals surface area contributed by atoms with Crippen molar-refractivity contribution >= 4 is 23.4 Å². The number of hydrogen-bond donors (Lipinski definition) is 1. The smallest absolute Gasteiger partial charge is 0.0406 e. The average molecular weight is 359 g/mol. The number of benzene rings is 2. The van der Waals surface area contributed by atoms with E-state index in [1.54, 1.807) is 11.8 Å². The van der Waals surface area contributed by atoms with Crippen molar-refractivity contribution in [3.8, 4) is 0 Å². The van der Waals surface area contributed by atoms with Crippen LogP contribution < -0.4 is 5.32 Å². The summed E-state index contributed by atoms with van der Waals surface area (Å²) in [6, 6.07) is 17.2. The van der Waals surface area contributed by atoms with Gasteiger partial charge in [0.05, 0.1) is 0 Å². The van der Waals surface area contributed by atoms with E-state index < -0.39 is 0 Å². The molecule has 0 aliphatic carbocycles. The van der Waals surface area contributed by atoms with Gasteiger partial charge in [-0.2, -0.15) is 0 Å². The fourth-order valence-corrected chi connectivity index (χ4v) is 4.22. The number of piperazine rings is 1. The number of halogens is 1. The fourth-order valence-electron chi connectivity index (χ4n) is 3.10. The molecule has 1 aliphatic heterocycles. The number of hydrogen-bond acceptors (Lipinski definition) is 3. The Bertz CT molecular complexity index is 666. The maximum atomic E-state index is 6.01. The zero-order valence-electron chi connectivity index (χ0n) is 13.7. The van der Waals surface area contributed by atoms with Gasteiger partial charge < -0.3 is 5.32 Å². The minimum atomic E-state index is 0.389. The van der Waals surface area contributed by atoms with Crippen LogP contribution in [0.1, 0.15) is 18.0 Å². The molecule has 2 aromatic rings. The van der Waals surface area contributed by atoms with E-state index in [4.69, 9.17) is 11.6 Å². The van der Waals surface area contributed by atoms with Gasteiger partial charge in [0.15, 0.2) is 0 Å². The van der Waals surface area contributed by atoms with E-state index >= 15 is 0 Å². The van der Waals surface area contributed by atoms with E-state index in [1.807, 2.05) is 18.2 Å². The molecule has 2 nitrogen and oxygen atoms in total. The molecule has 1 N–H and O–H groups in total. The lowest BCUT2D eigenvalue weighted by Gasteiger charge is -2.35. The van der Waals surface area contributed by atoms with Crippen molar-refractivity contribution in [2.75, 3.05) is 26.2 Å². The lowest BCUT2D eigenvalue weighted by atomic mass is 10.0. The molecule has 0 unspecified atom stereocenters. The highest BCUT2D eigenvalue weighted by Crippen LogP contribution is 2.37. The van der Waals surface area contributed by atoms with Gasteiger partial charge in [-0.05, 0) is 42.3 Å². The molecule has 24 heavy (non-hydrogen) atoms. The zero-order chi connectivity index (χ0) is 16.8. The zero-order valence-corrected chi connectivity index (χ0v) is 15.3. The van der Waals surface area contributed by atoms with Crippen LogP contribution in [0.2, 0.25) is 5.02 Å². The minimum Gasteiger partial charge on any atom is -0.314 e. The maximum Gasteiger partial charge on any atom is 0.0406 e. The van der Waals surface area contributed by atoms with Gasteiger partial charge in [-0.15, -0.1) is 6.58 Å². The molecule has 1 atom stereocenters. The predicted molar refractivity (Wildman–Crippen MR) is 104 cm³/mol. The third kappa shape index (κ3) is 4.42. The number of nitrogens with zero attached hydrogens (tertiary/aromatic N) is 1. The Kier molecular flexibility index (Phi) is 6.38. The minimum absolute atomic E-state index is 0.389. The first-order chi connectivity index (χ1) is 11.8. The molecule has 4 heteroatoms. The van der Waals surface area contributed by atoms with Crippen LogP contribution in [-0.4, -0.2) is 31.1 Å². The molecule has 2 aromatic carbocycles. The van der Waals surface area contributed by atoms with E-state index in [9.17, 15) is 0 Å². The molecule has 0 radical (unpaired) electrons. The van der Waals surface area contributed by atoms with Crippen LogP contribution in [0.5, 0.6) is 0 Å². The van der Waals surface area contributed by atoms with Crippen LogP contribution in [0.4, 0.5) is 0 Å². The predicted octanol–water partition coefficient (Wildman–Crippen LogP) is 5.01. The Labute approximate surface area is 153 Å². The molecule has 0 bridgehead atoms. The van der Waals surface area contributed by atoms with Crippen LogP contribution in [0, 0.1) is 0 Å². The first-order valence-corrected chi connectivity index (χ1v) is 9.55. The maximum absolute atomic E-state index is 6.01. The molecule has 1 fully saturated rings. The van der Waals surface area contributed by atoms with Crippen molar-refractivity contribution in [3.05, 3.63) is 71.8 Å². The third-order valence-electron chi connectivity index (χ3n) is 4.30. The van der Waals surface area contributed by atoms with Crippen molar-refractivity contribution in [2.45, 2.75) is 22.3 Å². The molecule has 3 rings (SSSR count). The second-order valence-corrected chi connectivity index (χ2v) is 7.47. The summed E-state index contributed by atoms with van der Waals surface area (Å²) in [6.45, 7) is 8.26. The third-order valence-corrected chi connectivity index (χ3v) is 5.65. The summed E-state index contributed by atoms with van der Waals surface area (Å²) in [5.41, 5.74) is 1.39. The van der Waals surface area contributed by atoms with Gasteiger partial charge >= 0.3 is 0 Å². The molecule has 1 saturated heterocycles. The molecular weight excluding hydrogens is 336 g/mol. The second-order valence-electron chi connectivity index (χ2n) is 5.92. The molecule has 0 aromatic heterocycles. The van der Waals surface area contributed by atoms with Gasteiger partial charge in [-0.3, -0.25) is 4.90 Å². The Morgan fingerprint density at radius 2 is 1.83 bits per heavy atom. The first-order valence-electron chi connectivity index (χ1n) is 8.36. The van der Waals surface area contributed by atoms with Crippen molar-refractivity contribution in [3.63, 3.8) is 0 Å². The Hall–Kier alpha value is -1.26. The molecule has 1 aliphatic rings. The second kappa shape index (κ2) is 8.72. The van der Waals surface area contributed by atoms with Gasteiger partial charge in [-0.25, -0.2) is 0 Å². The summed E-state index contributed by atoms with van der Waals surface area (Å²) in [6.07, 6.45) is 3.01. The van der Waals surface area contributed by atoms with Crippen molar-refractivity contribution in [1.82, 2.24) is 10.2 Å². The monoisotopic (exact) mass is 358 g/mol. The van der Waals surface area contributed by atoms with Gasteiger partial charge in [0.1, 0.15) is 0 Å². The van der Waals surface area contributed by atoms with Gasteiger partial charge in [0.25, 0.3) is 0 Å². The summed E-state index contributed by atoms with van der Waals surface area (Å²) >= 11 is 7.81. The number of rotatable bonds is 6. The fraction of sp³-hybridized carbons (Fsp3) is 0.300. The van der Waals surface area contributed by atoms with Gasteiger partial charge in [0, 0.05) is 47.0 Å². The molecule has 0 spiro atoms. The van der Waals surface area contributed by atoms with Crippen LogP contribution in [-0.2, 0) is 0 Å². The Balaban J connectivity index is 1.87. The summed E-state index contributed by atoms with van der Waals surface area (Å²) in [4.78, 5) is 5.09. The first kappa shape index (κ1) is 17.6. The largest absolute Gasteiger partial charge is 0.314 e. The van der Waals surface area contributed by atoms with Gasteiger partial charge in [0.2, 0.25) is 0 Å². The Morgan fingerprint density at radius 3 is 2.54 bits per heavy atom. The van der Waals surface area contributed by atoms with Crippen LogP contribution >= 0.6 is 23.4 Å².